The number of nitrogens with zero attached hydrogens (tertiary/aromatic N) is 1. The van der Waals surface area contributed by atoms with E-state index in [1.54, 1.807) is 7.11 Å². The van der Waals surface area contributed by atoms with Gasteiger partial charge in [0.2, 0.25) is 0 Å². The average molecular weight is 348 g/mol. The molecule has 0 aliphatic carbocycles. The van der Waals surface area contributed by atoms with Crippen molar-refractivity contribution in [2.75, 3.05) is 13.7 Å². The number of amides is 1. The molecule has 0 aliphatic heterocycles. The van der Waals surface area contributed by atoms with Crippen LogP contribution in [0.25, 0.3) is 16.9 Å². The first-order valence-corrected chi connectivity index (χ1v) is 8.86. The maximum Gasteiger partial charge on any atom is 0.253 e. The first kappa shape index (κ1) is 17.8. The van der Waals surface area contributed by atoms with Crippen LogP contribution in [0.1, 0.15) is 29.4 Å². The van der Waals surface area contributed by atoms with Crippen molar-refractivity contribution in [1.29, 1.82) is 0 Å². The third-order valence-corrected chi connectivity index (χ3v) is 4.41. The zero-order valence-corrected chi connectivity index (χ0v) is 15.5. The molecule has 4 heteroatoms. The summed E-state index contributed by atoms with van der Waals surface area (Å²) in [5, 5.41) is 2.98. The van der Waals surface area contributed by atoms with Gasteiger partial charge in [-0.3, -0.25) is 4.79 Å². The second-order valence-electron chi connectivity index (χ2n) is 6.19. The number of methoxy groups -OCH3 is 1. The van der Waals surface area contributed by atoms with Crippen LogP contribution in [0.15, 0.2) is 60.7 Å². The minimum atomic E-state index is -0.0387. The third kappa shape index (κ3) is 3.49. The van der Waals surface area contributed by atoms with Crippen LogP contribution >= 0.6 is 0 Å². The Morgan fingerprint density at radius 1 is 1.08 bits per heavy atom. The highest BCUT2D eigenvalue weighted by atomic mass is 16.5. The van der Waals surface area contributed by atoms with Crippen LogP contribution in [0.3, 0.4) is 0 Å². The SMILES string of the molecule is CCCNC(=O)c1cc(-c2ccccc2)n(-c2cccc(OC)c2)c1C. The molecule has 1 heterocycles. The summed E-state index contributed by atoms with van der Waals surface area (Å²) in [5.74, 6) is 0.745. The summed E-state index contributed by atoms with van der Waals surface area (Å²) in [4.78, 5) is 12.6. The number of ether oxygens (including phenoxy) is 1. The summed E-state index contributed by atoms with van der Waals surface area (Å²) in [7, 11) is 1.66. The minimum absolute atomic E-state index is 0.0387. The van der Waals surface area contributed by atoms with Crippen LogP contribution in [-0.4, -0.2) is 24.1 Å². The molecule has 1 amide bonds. The molecule has 2 aromatic carbocycles. The predicted molar refractivity (Wildman–Crippen MR) is 105 cm³/mol. The quantitative estimate of drug-likeness (QED) is 0.707. The van der Waals surface area contributed by atoms with Crippen molar-refractivity contribution < 1.29 is 9.53 Å². The van der Waals surface area contributed by atoms with Crippen LogP contribution in [0.2, 0.25) is 0 Å². The molecule has 1 N–H and O–H groups in total. The molecule has 0 spiro atoms. The predicted octanol–water partition coefficient (Wildman–Crippen LogP) is 4.60. The highest BCUT2D eigenvalue weighted by molar-refractivity contribution is 5.97. The Bertz CT molecular complexity index is 898. The molecule has 0 fully saturated rings. The first-order valence-electron chi connectivity index (χ1n) is 8.86. The summed E-state index contributed by atoms with van der Waals surface area (Å²) in [6, 6.07) is 20.0. The second-order valence-corrected chi connectivity index (χ2v) is 6.19. The largest absolute Gasteiger partial charge is 0.497 e. The number of aromatic nitrogens is 1. The normalized spacial score (nSPS) is 10.6. The number of carbonyl (C=O) groups excluding carboxylic acids is 1. The van der Waals surface area contributed by atoms with Gasteiger partial charge >= 0.3 is 0 Å². The lowest BCUT2D eigenvalue weighted by Gasteiger charge is -2.13. The standard InChI is InChI=1S/C22H24N2O2/c1-4-13-23-22(25)20-15-21(17-9-6-5-7-10-17)24(16(20)2)18-11-8-12-19(14-18)26-3/h5-12,14-15H,4,13H2,1-3H3,(H,23,25). The molecule has 3 aromatic rings. The minimum Gasteiger partial charge on any atom is -0.497 e. The number of benzene rings is 2. The van der Waals surface area contributed by atoms with E-state index >= 15 is 0 Å². The number of hydrogen-bond donors (Lipinski definition) is 1. The van der Waals surface area contributed by atoms with Crippen molar-refractivity contribution in [3.63, 3.8) is 0 Å². The van der Waals surface area contributed by atoms with Crippen molar-refractivity contribution in [1.82, 2.24) is 9.88 Å². The average Bonchev–Trinajstić information content (AvgIpc) is 3.04. The van der Waals surface area contributed by atoms with E-state index in [4.69, 9.17) is 4.74 Å². The Balaban J connectivity index is 2.17. The van der Waals surface area contributed by atoms with E-state index in [0.29, 0.717) is 12.1 Å². The van der Waals surface area contributed by atoms with E-state index in [-0.39, 0.29) is 5.91 Å². The Morgan fingerprint density at radius 2 is 1.85 bits per heavy atom. The summed E-state index contributed by atoms with van der Waals surface area (Å²) < 4.78 is 7.49. The van der Waals surface area contributed by atoms with E-state index in [1.807, 2.05) is 62.4 Å². The lowest BCUT2D eigenvalue weighted by Crippen LogP contribution is -2.24. The first-order chi connectivity index (χ1) is 12.7. The Kier molecular flexibility index (Phi) is 5.42. The molecule has 4 nitrogen and oxygen atoms in total. The molecule has 0 saturated carbocycles. The summed E-state index contributed by atoms with van der Waals surface area (Å²) in [6.45, 7) is 4.69. The van der Waals surface area contributed by atoms with Gasteiger partial charge in [-0.15, -0.1) is 0 Å². The topological polar surface area (TPSA) is 43.3 Å². The van der Waals surface area contributed by atoms with Gasteiger partial charge in [-0.05, 0) is 37.1 Å². The number of rotatable bonds is 6. The van der Waals surface area contributed by atoms with E-state index in [1.165, 1.54) is 0 Å². The maximum absolute atomic E-state index is 12.6. The van der Waals surface area contributed by atoms with Gasteiger partial charge in [-0.1, -0.05) is 43.3 Å². The van der Waals surface area contributed by atoms with Gasteiger partial charge < -0.3 is 14.6 Å². The van der Waals surface area contributed by atoms with Crippen molar-refractivity contribution in [2.24, 2.45) is 0 Å². The van der Waals surface area contributed by atoms with Gasteiger partial charge in [-0.2, -0.15) is 0 Å². The molecule has 0 unspecified atom stereocenters. The molecule has 0 aliphatic rings. The summed E-state index contributed by atoms with van der Waals surface area (Å²) in [5.41, 5.74) is 4.62. The highest BCUT2D eigenvalue weighted by Crippen LogP contribution is 2.30. The smallest absolute Gasteiger partial charge is 0.253 e. The van der Waals surface area contributed by atoms with Gasteiger partial charge in [0.25, 0.3) is 5.91 Å². The van der Waals surface area contributed by atoms with Gasteiger partial charge in [0.05, 0.1) is 18.4 Å². The Morgan fingerprint density at radius 3 is 2.54 bits per heavy atom. The van der Waals surface area contributed by atoms with Crippen LogP contribution in [-0.2, 0) is 0 Å². The van der Waals surface area contributed by atoms with Gasteiger partial charge in [0, 0.05) is 24.0 Å². The molecule has 0 radical (unpaired) electrons. The fourth-order valence-corrected chi connectivity index (χ4v) is 3.07. The third-order valence-electron chi connectivity index (χ3n) is 4.41. The molecule has 26 heavy (non-hydrogen) atoms. The van der Waals surface area contributed by atoms with Gasteiger partial charge in [0.15, 0.2) is 0 Å². The molecule has 0 bridgehead atoms. The molecule has 0 atom stereocenters. The molecule has 3 rings (SSSR count). The van der Waals surface area contributed by atoms with Crippen molar-refractivity contribution in [3.05, 3.63) is 71.9 Å². The highest BCUT2D eigenvalue weighted by Gasteiger charge is 2.19. The Labute approximate surface area is 154 Å². The fourth-order valence-electron chi connectivity index (χ4n) is 3.07. The van der Waals surface area contributed by atoms with Crippen LogP contribution < -0.4 is 10.1 Å². The van der Waals surface area contributed by atoms with E-state index in [2.05, 4.69) is 22.0 Å². The molecular formula is C22H24N2O2. The zero-order chi connectivity index (χ0) is 18.5. The summed E-state index contributed by atoms with van der Waals surface area (Å²) >= 11 is 0. The van der Waals surface area contributed by atoms with Crippen molar-refractivity contribution >= 4 is 5.91 Å². The summed E-state index contributed by atoms with van der Waals surface area (Å²) in [6.07, 6.45) is 0.910. The zero-order valence-electron chi connectivity index (χ0n) is 15.5. The second kappa shape index (κ2) is 7.91. The van der Waals surface area contributed by atoms with Gasteiger partial charge in [0.1, 0.15) is 5.75 Å². The van der Waals surface area contributed by atoms with E-state index in [9.17, 15) is 4.79 Å². The monoisotopic (exact) mass is 348 g/mol. The van der Waals surface area contributed by atoms with E-state index < -0.39 is 0 Å². The van der Waals surface area contributed by atoms with Gasteiger partial charge in [-0.25, -0.2) is 0 Å². The van der Waals surface area contributed by atoms with Crippen molar-refractivity contribution in [2.45, 2.75) is 20.3 Å². The lowest BCUT2D eigenvalue weighted by atomic mass is 10.1. The number of nitrogens with one attached hydrogen (secondary N) is 1. The van der Waals surface area contributed by atoms with Crippen molar-refractivity contribution in [3.8, 4) is 22.7 Å². The number of carbonyl (C=O) groups is 1. The number of hydrogen-bond acceptors (Lipinski definition) is 2. The van der Waals surface area contributed by atoms with Crippen LogP contribution in [0.5, 0.6) is 5.75 Å². The molecule has 134 valence electrons. The molecular weight excluding hydrogens is 324 g/mol. The lowest BCUT2D eigenvalue weighted by molar-refractivity contribution is 0.0953. The fraction of sp³-hybridized carbons (Fsp3) is 0.227. The van der Waals surface area contributed by atoms with Crippen LogP contribution in [0, 0.1) is 6.92 Å². The Hall–Kier alpha value is -3.01. The van der Waals surface area contributed by atoms with E-state index in [0.717, 1.165) is 34.8 Å². The molecule has 0 saturated heterocycles. The van der Waals surface area contributed by atoms with Crippen LogP contribution in [0.4, 0.5) is 0 Å². The maximum atomic E-state index is 12.6. The molecule has 1 aromatic heterocycles.